The molecule has 0 aromatic heterocycles. The standard InChI is InChI=1S/C27H20O4/c28-25-16-8-9-17(25)23-22(16)19-12-20(24(23)26(19)29)27(30)31-21-7-3-6-15-10-13-4-1-2-5-14(13)11-18(15)21/h1-11,16-17,19-20,22-24H,12H2. The number of hydrogen-bond donors (Lipinski definition) is 0. The van der Waals surface area contributed by atoms with E-state index in [9.17, 15) is 14.4 Å². The van der Waals surface area contributed by atoms with E-state index in [2.05, 4.69) is 18.2 Å². The van der Waals surface area contributed by atoms with E-state index < -0.39 is 5.92 Å². The van der Waals surface area contributed by atoms with Crippen molar-refractivity contribution in [3.05, 3.63) is 66.7 Å². The molecule has 4 aliphatic carbocycles. The quantitative estimate of drug-likeness (QED) is 0.208. The number of esters is 1. The van der Waals surface area contributed by atoms with Crippen molar-refractivity contribution < 1.29 is 19.1 Å². The molecule has 4 heteroatoms. The van der Waals surface area contributed by atoms with Gasteiger partial charge in [-0.05, 0) is 52.6 Å². The number of Topliss-reactive ketones (excluding diaryl/α,β-unsaturated/α-hetero) is 2. The van der Waals surface area contributed by atoms with Gasteiger partial charge >= 0.3 is 5.97 Å². The molecule has 31 heavy (non-hydrogen) atoms. The Labute approximate surface area is 178 Å². The van der Waals surface area contributed by atoms with Gasteiger partial charge < -0.3 is 4.74 Å². The molecule has 152 valence electrons. The van der Waals surface area contributed by atoms with Crippen LogP contribution in [0.2, 0.25) is 0 Å². The predicted molar refractivity (Wildman–Crippen MR) is 115 cm³/mol. The van der Waals surface area contributed by atoms with Crippen LogP contribution in [0.5, 0.6) is 5.75 Å². The summed E-state index contributed by atoms with van der Waals surface area (Å²) in [6, 6.07) is 18.0. The number of benzene rings is 3. The summed E-state index contributed by atoms with van der Waals surface area (Å²) < 4.78 is 5.92. The predicted octanol–water partition coefficient (Wildman–Crippen LogP) is 4.35. The molecule has 0 saturated heterocycles. The van der Waals surface area contributed by atoms with E-state index in [1.54, 1.807) is 0 Å². The highest BCUT2D eigenvalue weighted by molar-refractivity contribution is 6.03. The minimum atomic E-state index is -0.449. The molecule has 4 bridgehead atoms. The average Bonchev–Trinajstić information content (AvgIpc) is 3.48. The lowest BCUT2D eigenvalue weighted by Gasteiger charge is -2.33. The minimum absolute atomic E-state index is 0.0113. The summed E-state index contributed by atoms with van der Waals surface area (Å²) in [5.74, 6) is -0.589. The lowest BCUT2D eigenvalue weighted by molar-refractivity contribution is -0.143. The Balaban J connectivity index is 1.23. The lowest BCUT2D eigenvalue weighted by Crippen LogP contribution is -2.36. The van der Waals surface area contributed by atoms with Crippen molar-refractivity contribution in [2.24, 2.45) is 41.4 Å². The zero-order chi connectivity index (χ0) is 20.9. The van der Waals surface area contributed by atoms with Crippen LogP contribution in [0, 0.1) is 41.4 Å². The normalized spacial score (nSPS) is 34.8. The van der Waals surface area contributed by atoms with E-state index in [0.717, 1.165) is 21.5 Å². The van der Waals surface area contributed by atoms with Gasteiger partial charge in [-0.15, -0.1) is 0 Å². The molecule has 0 heterocycles. The third-order valence-corrected chi connectivity index (χ3v) is 8.19. The summed E-state index contributed by atoms with van der Waals surface area (Å²) >= 11 is 0. The van der Waals surface area contributed by atoms with Crippen molar-refractivity contribution >= 4 is 39.1 Å². The molecule has 3 fully saturated rings. The number of allylic oxidation sites excluding steroid dienone is 2. The van der Waals surface area contributed by atoms with Crippen molar-refractivity contribution in [3.8, 4) is 5.75 Å². The van der Waals surface area contributed by atoms with Crippen LogP contribution in [0.4, 0.5) is 0 Å². The van der Waals surface area contributed by atoms with Gasteiger partial charge in [0.25, 0.3) is 0 Å². The molecule has 3 aromatic carbocycles. The number of fused-ring (bicyclic) bond motifs is 11. The van der Waals surface area contributed by atoms with Crippen LogP contribution in [0.15, 0.2) is 66.7 Å². The molecule has 0 amide bonds. The Morgan fingerprint density at radius 1 is 0.806 bits per heavy atom. The molecule has 7 rings (SSSR count). The summed E-state index contributed by atoms with van der Waals surface area (Å²) in [4.78, 5) is 38.8. The smallest absolute Gasteiger partial charge is 0.315 e. The zero-order valence-corrected chi connectivity index (χ0v) is 16.7. The second-order valence-electron chi connectivity index (χ2n) is 9.47. The Hall–Kier alpha value is -3.27. The number of hydrogen-bond acceptors (Lipinski definition) is 4. The molecule has 3 saturated carbocycles. The van der Waals surface area contributed by atoms with Crippen LogP contribution in [-0.2, 0) is 14.4 Å². The first-order chi connectivity index (χ1) is 15.1. The number of ketones is 2. The maximum absolute atomic E-state index is 13.3. The van der Waals surface area contributed by atoms with Crippen molar-refractivity contribution in [2.45, 2.75) is 6.42 Å². The molecule has 0 spiro atoms. The average molecular weight is 408 g/mol. The maximum Gasteiger partial charge on any atom is 0.315 e. The van der Waals surface area contributed by atoms with Gasteiger partial charge in [0.15, 0.2) is 0 Å². The first kappa shape index (κ1) is 17.4. The molecule has 0 radical (unpaired) electrons. The van der Waals surface area contributed by atoms with E-state index >= 15 is 0 Å². The molecule has 7 unspecified atom stereocenters. The SMILES string of the molecule is O=C1C2C=CC1C1C3C(=O)C(CC3C(=O)Oc3cccc4cc5ccccc5cc34)C21. The fourth-order valence-electron chi connectivity index (χ4n) is 6.99. The summed E-state index contributed by atoms with van der Waals surface area (Å²) in [5, 5.41) is 4.12. The Morgan fingerprint density at radius 2 is 1.52 bits per heavy atom. The first-order valence-corrected chi connectivity index (χ1v) is 11.0. The highest BCUT2D eigenvalue weighted by Crippen LogP contribution is 2.64. The summed E-state index contributed by atoms with van der Waals surface area (Å²) in [6.07, 6.45) is 4.46. The van der Waals surface area contributed by atoms with Gasteiger partial charge in [-0.1, -0.05) is 48.6 Å². The van der Waals surface area contributed by atoms with Gasteiger partial charge in [0, 0.05) is 29.1 Å². The van der Waals surface area contributed by atoms with Gasteiger partial charge in [-0.2, -0.15) is 0 Å². The third-order valence-electron chi connectivity index (χ3n) is 8.19. The van der Waals surface area contributed by atoms with E-state index in [-0.39, 0.29) is 53.0 Å². The largest absolute Gasteiger partial charge is 0.426 e. The monoisotopic (exact) mass is 408 g/mol. The molecular formula is C27H20O4. The second kappa shape index (κ2) is 5.91. The van der Waals surface area contributed by atoms with Crippen molar-refractivity contribution in [1.29, 1.82) is 0 Å². The highest BCUT2D eigenvalue weighted by Gasteiger charge is 2.69. The number of carbonyl (C=O) groups is 3. The molecule has 4 aliphatic rings. The Morgan fingerprint density at radius 3 is 2.32 bits per heavy atom. The molecular weight excluding hydrogens is 388 g/mol. The van der Waals surface area contributed by atoms with Crippen LogP contribution >= 0.6 is 0 Å². The van der Waals surface area contributed by atoms with Crippen LogP contribution in [0.1, 0.15) is 6.42 Å². The summed E-state index contributed by atoms with van der Waals surface area (Å²) in [7, 11) is 0. The van der Waals surface area contributed by atoms with Crippen LogP contribution in [0.25, 0.3) is 21.5 Å². The van der Waals surface area contributed by atoms with Gasteiger partial charge in [-0.3, -0.25) is 14.4 Å². The molecule has 3 aromatic rings. The van der Waals surface area contributed by atoms with Crippen molar-refractivity contribution in [1.82, 2.24) is 0 Å². The Kier molecular flexibility index (Phi) is 3.32. The topological polar surface area (TPSA) is 60.4 Å². The van der Waals surface area contributed by atoms with Crippen molar-refractivity contribution in [3.63, 3.8) is 0 Å². The van der Waals surface area contributed by atoms with Crippen LogP contribution in [0.3, 0.4) is 0 Å². The highest BCUT2D eigenvalue weighted by atomic mass is 16.5. The summed E-state index contributed by atoms with van der Waals surface area (Å²) in [5.41, 5.74) is 0. The first-order valence-electron chi connectivity index (χ1n) is 11.0. The lowest BCUT2D eigenvalue weighted by atomic mass is 9.69. The molecule has 0 aliphatic heterocycles. The van der Waals surface area contributed by atoms with Crippen LogP contribution < -0.4 is 4.74 Å². The molecule has 0 N–H and O–H groups in total. The third kappa shape index (κ3) is 2.17. The van der Waals surface area contributed by atoms with Gasteiger partial charge in [0.2, 0.25) is 0 Å². The van der Waals surface area contributed by atoms with Gasteiger partial charge in [0.05, 0.1) is 5.92 Å². The number of rotatable bonds is 2. The number of ether oxygens (including phenoxy) is 1. The molecule has 7 atom stereocenters. The molecule has 4 nitrogen and oxygen atoms in total. The fraction of sp³-hybridized carbons (Fsp3) is 0.296. The zero-order valence-electron chi connectivity index (χ0n) is 16.7. The fourth-order valence-corrected chi connectivity index (χ4v) is 6.99. The maximum atomic E-state index is 13.3. The van der Waals surface area contributed by atoms with E-state index in [0.29, 0.717) is 12.2 Å². The number of carbonyl (C=O) groups excluding carboxylic acids is 3. The van der Waals surface area contributed by atoms with Gasteiger partial charge in [0.1, 0.15) is 17.3 Å². The Bertz CT molecular complexity index is 1350. The van der Waals surface area contributed by atoms with E-state index in [1.807, 2.05) is 48.6 Å². The van der Waals surface area contributed by atoms with Gasteiger partial charge in [-0.25, -0.2) is 0 Å². The van der Waals surface area contributed by atoms with E-state index in [1.165, 1.54) is 0 Å². The van der Waals surface area contributed by atoms with Crippen LogP contribution in [-0.4, -0.2) is 17.5 Å². The van der Waals surface area contributed by atoms with E-state index in [4.69, 9.17) is 4.74 Å². The van der Waals surface area contributed by atoms with Crippen molar-refractivity contribution in [2.75, 3.05) is 0 Å². The summed E-state index contributed by atoms with van der Waals surface area (Å²) in [6.45, 7) is 0. The minimum Gasteiger partial charge on any atom is -0.426 e. The second-order valence-corrected chi connectivity index (χ2v) is 9.47.